The van der Waals surface area contributed by atoms with Gasteiger partial charge in [-0.3, -0.25) is 4.55 Å². The maximum Gasteiger partial charge on any atom is 0.296 e. The zero-order chi connectivity index (χ0) is 9.19. The van der Waals surface area contributed by atoms with E-state index in [-0.39, 0.29) is 4.90 Å². The average molecular weight is 252 g/mol. The zero-order valence-corrected chi connectivity index (χ0v) is 8.26. The van der Waals surface area contributed by atoms with Gasteiger partial charge in [0.25, 0.3) is 10.1 Å². The molecule has 6 heteroatoms. The minimum atomic E-state index is -4.14. The van der Waals surface area contributed by atoms with E-state index < -0.39 is 10.1 Å². The molecule has 0 heterocycles. The first-order chi connectivity index (χ1) is 5.55. The van der Waals surface area contributed by atoms with Gasteiger partial charge in [0.15, 0.2) is 0 Å². The highest BCUT2D eigenvalue weighted by atomic mass is 79.9. The van der Waals surface area contributed by atoms with Gasteiger partial charge in [0.1, 0.15) is 4.90 Å². The molecule has 0 spiro atoms. The van der Waals surface area contributed by atoms with Gasteiger partial charge in [-0.15, -0.1) is 0 Å². The summed E-state index contributed by atoms with van der Waals surface area (Å²) in [4.78, 5) is -0.151. The SMILES string of the molecule is O=S(=O)(O)c1ccccc1NBr. The van der Waals surface area contributed by atoms with E-state index in [2.05, 4.69) is 20.5 Å². The van der Waals surface area contributed by atoms with Crippen molar-refractivity contribution in [2.24, 2.45) is 0 Å². The van der Waals surface area contributed by atoms with Crippen LogP contribution in [0, 0.1) is 0 Å². The Labute approximate surface area is 78.7 Å². The van der Waals surface area contributed by atoms with Gasteiger partial charge >= 0.3 is 0 Å². The summed E-state index contributed by atoms with van der Waals surface area (Å²) in [5.74, 6) is 0. The second-order valence-corrected chi connectivity index (χ2v) is 3.85. The Hall–Kier alpha value is -0.590. The summed E-state index contributed by atoms with van der Waals surface area (Å²) in [5, 5.41) is 0. The molecule has 4 nitrogen and oxygen atoms in total. The Morgan fingerprint density at radius 2 is 1.92 bits per heavy atom. The third kappa shape index (κ3) is 1.96. The molecule has 66 valence electrons. The van der Waals surface area contributed by atoms with Crippen molar-refractivity contribution in [1.82, 2.24) is 0 Å². The first kappa shape index (κ1) is 9.50. The van der Waals surface area contributed by atoms with E-state index in [4.69, 9.17) is 4.55 Å². The lowest BCUT2D eigenvalue weighted by Gasteiger charge is -2.02. The van der Waals surface area contributed by atoms with E-state index in [1.54, 1.807) is 6.07 Å². The smallest absolute Gasteiger partial charge is 0.296 e. The van der Waals surface area contributed by atoms with Crippen LogP contribution in [0.25, 0.3) is 0 Å². The van der Waals surface area contributed by atoms with Crippen LogP contribution in [0.2, 0.25) is 0 Å². The predicted octanol–water partition coefficient (Wildman–Crippen LogP) is 1.66. The quantitative estimate of drug-likeness (QED) is 0.620. The summed E-state index contributed by atoms with van der Waals surface area (Å²) in [5.41, 5.74) is 0.306. The number of para-hydroxylation sites is 1. The van der Waals surface area contributed by atoms with Crippen LogP contribution in [0.4, 0.5) is 5.69 Å². The molecule has 0 fully saturated rings. The molecule has 12 heavy (non-hydrogen) atoms. The van der Waals surface area contributed by atoms with Crippen LogP contribution in [0.1, 0.15) is 0 Å². The lowest BCUT2D eigenvalue weighted by molar-refractivity contribution is 0.483. The number of hydrogen-bond donors (Lipinski definition) is 2. The van der Waals surface area contributed by atoms with Crippen molar-refractivity contribution >= 4 is 32.0 Å². The van der Waals surface area contributed by atoms with E-state index in [1.165, 1.54) is 18.2 Å². The summed E-state index contributed by atoms with van der Waals surface area (Å²) in [6.45, 7) is 0. The molecular formula is C6H6BrNO3S. The highest BCUT2D eigenvalue weighted by Crippen LogP contribution is 2.20. The lowest BCUT2D eigenvalue weighted by atomic mass is 10.3. The fourth-order valence-electron chi connectivity index (χ4n) is 0.770. The molecule has 1 aromatic rings. The number of anilines is 1. The number of nitrogens with one attached hydrogen (secondary N) is 1. The largest absolute Gasteiger partial charge is 0.321 e. The van der Waals surface area contributed by atoms with Crippen molar-refractivity contribution in [3.63, 3.8) is 0 Å². The van der Waals surface area contributed by atoms with Gasteiger partial charge in [-0.05, 0) is 12.1 Å². The summed E-state index contributed by atoms with van der Waals surface area (Å²) < 4.78 is 32.6. The Balaban J connectivity index is 3.33. The van der Waals surface area contributed by atoms with Crippen LogP contribution in [-0.2, 0) is 10.1 Å². The first-order valence-corrected chi connectivity index (χ1v) is 5.22. The van der Waals surface area contributed by atoms with Crippen LogP contribution >= 0.6 is 16.1 Å². The van der Waals surface area contributed by atoms with Crippen molar-refractivity contribution in [3.8, 4) is 0 Å². The van der Waals surface area contributed by atoms with Crippen molar-refractivity contribution in [3.05, 3.63) is 24.3 Å². The molecule has 0 radical (unpaired) electrons. The molecule has 0 aliphatic carbocycles. The fraction of sp³-hybridized carbons (Fsp3) is 0. The average Bonchev–Trinajstić information content (AvgIpc) is 2.03. The number of rotatable bonds is 2. The summed E-state index contributed by atoms with van der Waals surface area (Å²) >= 11 is 2.88. The van der Waals surface area contributed by atoms with E-state index >= 15 is 0 Å². The summed E-state index contributed by atoms with van der Waals surface area (Å²) in [6.07, 6.45) is 0. The van der Waals surface area contributed by atoms with E-state index in [0.717, 1.165) is 0 Å². The Kier molecular flexibility index (Phi) is 2.71. The molecule has 0 aliphatic heterocycles. The number of halogens is 1. The van der Waals surface area contributed by atoms with Crippen LogP contribution in [0.5, 0.6) is 0 Å². The lowest BCUT2D eigenvalue weighted by Crippen LogP contribution is -2.00. The van der Waals surface area contributed by atoms with Crippen LogP contribution in [-0.4, -0.2) is 13.0 Å². The molecule has 0 amide bonds. The molecule has 0 saturated carbocycles. The first-order valence-electron chi connectivity index (χ1n) is 2.99. The Bertz CT molecular complexity index is 376. The maximum absolute atomic E-state index is 10.7. The normalized spacial score (nSPS) is 11.2. The summed E-state index contributed by atoms with van der Waals surface area (Å²) in [6, 6.07) is 6.01. The number of benzene rings is 1. The monoisotopic (exact) mass is 251 g/mol. The zero-order valence-electron chi connectivity index (χ0n) is 5.86. The van der Waals surface area contributed by atoms with Crippen LogP contribution in [0.3, 0.4) is 0 Å². The van der Waals surface area contributed by atoms with Gasteiger partial charge in [0, 0.05) is 16.1 Å². The van der Waals surface area contributed by atoms with Crippen LogP contribution in [0.15, 0.2) is 29.2 Å². The van der Waals surface area contributed by atoms with E-state index in [1.807, 2.05) is 0 Å². The fourth-order valence-corrected chi connectivity index (χ4v) is 1.89. The molecule has 0 saturated heterocycles. The molecule has 0 aliphatic rings. The minimum Gasteiger partial charge on any atom is -0.321 e. The van der Waals surface area contributed by atoms with E-state index in [0.29, 0.717) is 5.69 Å². The van der Waals surface area contributed by atoms with Gasteiger partial charge in [0.05, 0.1) is 5.69 Å². The third-order valence-electron chi connectivity index (χ3n) is 1.27. The van der Waals surface area contributed by atoms with Crippen LogP contribution < -0.4 is 4.34 Å². The molecule has 2 N–H and O–H groups in total. The van der Waals surface area contributed by atoms with Gasteiger partial charge in [-0.1, -0.05) is 12.1 Å². The summed E-state index contributed by atoms with van der Waals surface area (Å²) in [7, 11) is -4.14. The maximum atomic E-state index is 10.7. The highest BCUT2D eigenvalue weighted by Gasteiger charge is 2.13. The number of hydrogen-bond acceptors (Lipinski definition) is 3. The second-order valence-electron chi connectivity index (χ2n) is 2.07. The van der Waals surface area contributed by atoms with Crippen molar-refractivity contribution in [2.45, 2.75) is 4.90 Å². The Morgan fingerprint density at radius 3 is 2.33 bits per heavy atom. The molecule has 0 unspecified atom stereocenters. The van der Waals surface area contributed by atoms with Gasteiger partial charge < -0.3 is 4.34 Å². The van der Waals surface area contributed by atoms with Gasteiger partial charge in [0.2, 0.25) is 0 Å². The minimum absolute atomic E-state index is 0.151. The van der Waals surface area contributed by atoms with Crippen molar-refractivity contribution < 1.29 is 13.0 Å². The predicted molar refractivity (Wildman–Crippen MR) is 48.8 cm³/mol. The highest BCUT2D eigenvalue weighted by molar-refractivity contribution is 9.10. The van der Waals surface area contributed by atoms with Crippen molar-refractivity contribution in [1.29, 1.82) is 0 Å². The molecule has 0 atom stereocenters. The molecular weight excluding hydrogens is 246 g/mol. The molecule has 0 bridgehead atoms. The standard InChI is InChI=1S/C6H6BrNO3S/c7-8-5-3-1-2-4-6(5)12(9,10)11/h1-4,8H,(H,9,10,11). The second kappa shape index (κ2) is 3.42. The molecule has 1 aromatic carbocycles. The van der Waals surface area contributed by atoms with Gasteiger partial charge in [-0.2, -0.15) is 8.42 Å². The Morgan fingerprint density at radius 1 is 1.33 bits per heavy atom. The van der Waals surface area contributed by atoms with Crippen molar-refractivity contribution in [2.75, 3.05) is 4.34 Å². The third-order valence-corrected chi connectivity index (χ3v) is 2.61. The topological polar surface area (TPSA) is 66.4 Å². The molecule has 0 aromatic heterocycles. The van der Waals surface area contributed by atoms with Gasteiger partial charge in [-0.25, -0.2) is 0 Å². The molecule has 1 rings (SSSR count). The van der Waals surface area contributed by atoms with E-state index in [9.17, 15) is 8.42 Å².